The van der Waals surface area contributed by atoms with Gasteiger partial charge in [0.25, 0.3) is 5.91 Å². The van der Waals surface area contributed by atoms with E-state index in [0.29, 0.717) is 21.2 Å². The fourth-order valence-electron chi connectivity index (χ4n) is 1.79. The van der Waals surface area contributed by atoms with Crippen molar-refractivity contribution in [1.29, 1.82) is 0 Å². The number of carboxylic acids is 1. The van der Waals surface area contributed by atoms with E-state index in [-0.39, 0.29) is 5.91 Å². The molecule has 1 aromatic heterocycles. The Hall–Kier alpha value is -2.11. The lowest BCUT2D eigenvalue weighted by atomic mass is 10.1. The number of thiophene rings is 1. The zero-order valence-corrected chi connectivity index (χ0v) is 12.7. The number of benzene rings is 1. The van der Waals surface area contributed by atoms with Gasteiger partial charge in [0.05, 0.1) is 5.02 Å². The largest absolute Gasteiger partial charge is 0.478 e. The summed E-state index contributed by atoms with van der Waals surface area (Å²) in [5, 5.41) is 13.6. The number of halogens is 1. The Morgan fingerprint density at radius 1 is 1.33 bits per heavy atom. The summed E-state index contributed by atoms with van der Waals surface area (Å²) in [6, 6.07) is 7.00. The van der Waals surface area contributed by atoms with E-state index in [9.17, 15) is 9.59 Å². The molecule has 1 heterocycles. The molecule has 0 unspecified atom stereocenters. The summed E-state index contributed by atoms with van der Waals surface area (Å²) in [6.45, 7) is 1.87. The average molecular weight is 322 g/mol. The number of nitrogens with one attached hydrogen (secondary N) is 1. The van der Waals surface area contributed by atoms with Crippen molar-refractivity contribution in [3.05, 3.63) is 56.7 Å². The van der Waals surface area contributed by atoms with Crippen LogP contribution in [0, 0.1) is 6.92 Å². The second kappa shape index (κ2) is 6.56. The maximum absolute atomic E-state index is 12.1. The van der Waals surface area contributed by atoms with E-state index in [1.54, 1.807) is 23.6 Å². The summed E-state index contributed by atoms with van der Waals surface area (Å²) < 4.78 is 0. The lowest BCUT2D eigenvalue weighted by molar-refractivity contribution is -0.131. The molecule has 0 spiro atoms. The fraction of sp³-hybridized carbons (Fsp3) is 0.0667. The summed E-state index contributed by atoms with van der Waals surface area (Å²) in [7, 11) is 0. The smallest absolute Gasteiger partial charge is 0.328 e. The summed E-state index contributed by atoms with van der Waals surface area (Å²) >= 11 is 7.18. The molecule has 0 aliphatic rings. The van der Waals surface area contributed by atoms with Gasteiger partial charge in [-0.25, -0.2) is 4.79 Å². The number of aryl methyl sites for hydroxylation is 1. The molecule has 21 heavy (non-hydrogen) atoms. The molecule has 0 saturated carbocycles. The topological polar surface area (TPSA) is 66.4 Å². The lowest BCUT2D eigenvalue weighted by Crippen LogP contribution is -2.10. The van der Waals surface area contributed by atoms with Crippen molar-refractivity contribution < 1.29 is 14.7 Å². The maximum Gasteiger partial charge on any atom is 0.328 e. The number of aliphatic carboxylic acids is 1. The molecule has 0 atom stereocenters. The monoisotopic (exact) mass is 321 g/mol. The van der Waals surface area contributed by atoms with Crippen LogP contribution in [0.3, 0.4) is 0 Å². The second-order valence-electron chi connectivity index (χ2n) is 4.36. The van der Waals surface area contributed by atoms with Gasteiger partial charge in [-0.05, 0) is 47.7 Å². The van der Waals surface area contributed by atoms with Gasteiger partial charge in [-0.15, -0.1) is 11.3 Å². The van der Waals surface area contributed by atoms with Gasteiger partial charge in [0, 0.05) is 11.8 Å². The van der Waals surface area contributed by atoms with Crippen molar-refractivity contribution in [1.82, 2.24) is 0 Å². The number of carboxylic acid groups (broad SMARTS) is 1. The third kappa shape index (κ3) is 4.18. The molecule has 1 amide bonds. The first-order valence-electron chi connectivity index (χ1n) is 6.03. The van der Waals surface area contributed by atoms with E-state index in [1.165, 1.54) is 17.4 Å². The molecular weight excluding hydrogens is 310 g/mol. The first-order valence-corrected chi connectivity index (χ1v) is 7.28. The number of anilines is 1. The van der Waals surface area contributed by atoms with Crippen LogP contribution in [0.4, 0.5) is 5.69 Å². The van der Waals surface area contributed by atoms with Crippen molar-refractivity contribution in [2.24, 2.45) is 0 Å². The van der Waals surface area contributed by atoms with E-state index in [1.807, 2.05) is 13.0 Å². The van der Waals surface area contributed by atoms with E-state index >= 15 is 0 Å². The Kier molecular flexibility index (Phi) is 4.77. The molecule has 1 aromatic carbocycles. The zero-order chi connectivity index (χ0) is 15.4. The van der Waals surface area contributed by atoms with E-state index < -0.39 is 5.97 Å². The summed E-state index contributed by atoms with van der Waals surface area (Å²) in [5.41, 5.74) is 2.20. The standard InChI is InChI=1S/C15H12ClNO3S/c1-9-6-10(2-3-13(18)19)8-11(7-9)17-15(20)14-12(16)4-5-21-14/h2-8H,1H3,(H,17,20)(H,18,19)/b3-2+. The molecule has 4 nitrogen and oxygen atoms in total. The summed E-state index contributed by atoms with van der Waals surface area (Å²) in [4.78, 5) is 23.1. The average Bonchev–Trinajstić information content (AvgIpc) is 2.82. The van der Waals surface area contributed by atoms with Gasteiger partial charge >= 0.3 is 5.97 Å². The Morgan fingerprint density at radius 3 is 2.71 bits per heavy atom. The Bertz CT molecular complexity index is 721. The van der Waals surface area contributed by atoms with Crippen molar-refractivity contribution >= 4 is 46.6 Å². The molecule has 0 aliphatic heterocycles. The van der Waals surface area contributed by atoms with Gasteiger partial charge < -0.3 is 10.4 Å². The van der Waals surface area contributed by atoms with Gasteiger partial charge in [-0.2, -0.15) is 0 Å². The molecular formula is C15H12ClNO3S. The molecule has 6 heteroatoms. The molecule has 0 radical (unpaired) electrons. The number of carbonyl (C=O) groups excluding carboxylic acids is 1. The number of amides is 1. The fourth-order valence-corrected chi connectivity index (χ4v) is 2.83. The van der Waals surface area contributed by atoms with Gasteiger partial charge in [-0.3, -0.25) is 4.79 Å². The molecule has 0 bridgehead atoms. The van der Waals surface area contributed by atoms with Gasteiger partial charge in [0.15, 0.2) is 0 Å². The van der Waals surface area contributed by atoms with Crippen LogP contribution in [-0.2, 0) is 4.79 Å². The summed E-state index contributed by atoms with van der Waals surface area (Å²) in [5.74, 6) is -1.30. The summed E-state index contributed by atoms with van der Waals surface area (Å²) in [6.07, 6.45) is 2.53. The molecule has 2 aromatic rings. The van der Waals surface area contributed by atoms with Crippen molar-refractivity contribution in [2.45, 2.75) is 6.92 Å². The quantitative estimate of drug-likeness (QED) is 0.834. The first kappa shape index (κ1) is 15.3. The Labute approximate surface area is 130 Å². The van der Waals surface area contributed by atoms with Crippen LogP contribution in [0.1, 0.15) is 20.8 Å². The van der Waals surface area contributed by atoms with Crippen molar-refractivity contribution in [3.8, 4) is 0 Å². The third-order valence-electron chi connectivity index (χ3n) is 2.60. The minimum absolute atomic E-state index is 0.284. The predicted octanol–water partition coefficient (Wildman–Crippen LogP) is 4.06. The van der Waals surface area contributed by atoms with Crippen molar-refractivity contribution in [2.75, 3.05) is 5.32 Å². The minimum atomic E-state index is -1.02. The van der Waals surface area contributed by atoms with Crippen molar-refractivity contribution in [3.63, 3.8) is 0 Å². The van der Waals surface area contributed by atoms with Crippen LogP contribution in [0.5, 0.6) is 0 Å². The number of rotatable bonds is 4. The number of carbonyl (C=O) groups is 2. The molecule has 0 saturated heterocycles. The highest BCUT2D eigenvalue weighted by Gasteiger charge is 2.12. The third-order valence-corrected chi connectivity index (χ3v) is 3.94. The zero-order valence-electron chi connectivity index (χ0n) is 11.1. The van der Waals surface area contributed by atoms with Crippen LogP contribution >= 0.6 is 22.9 Å². The van der Waals surface area contributed by atoms with Crippen LogP contribution in [0.15, 0.2) is 35.7 Å². The van der Waals surface area contributed by atoms with E-state index in [2.05, 4.69) is 5.32 Å². The molecule has 0 fully saturated rings. The molecule has 2 N–H and O–H groups in total. The number of hydrogen-bond donors (Lipinski definition) is 2. The van der Waals surface area contributed by atoms with Gasteiger partial charge in [0.2, 0.25) is 0 Å². The van der Waals surface area contributed by atoms with Crippen LogP contribution < -0.4 is 5.32 Å². The molecule has 108 valence electrons. The second-order valence-corrected chi connectivity index (χ2v) is 5.68. The van der Waals surface area contributed by atoms with Gasteiger partial charge in [-0.1, -0.05) is 17.7 Å². The predicted molar refractivity (Wildman–Crippen MR) is 85.1 cm³/mol. The van der Waals surface area contributed by atoms with Crippen LogP contribution in [0.2, 0.25) is 5.02 Å². The van der Waals surface area contributed by atoms with Crippen LogP contribution in [-0.4, -0.2) is 17.0 Å². The van der Waals surface area contributed by atoms with E-state index in [4.69, 9.17) is 16.7 Å². The SMILES string of the molecule is Cc1cc(/C=C/C(=O)O)cc(NC(=O)c2sccc2Cl)c1. The molecule has 2 rings (SSSR count). The van der Waals surface area contributed by atoms with Gasteiger partial charge in [0.1, 0.15) is 4.88 Å². The van der Waals surface area contributed by atoms with E-state index in [0.717, 1.165) is 11.6 Å². The highest BCUT2D eigenvalue weighted by Crippen LogP contribution is 2.24. The Morgan fingerprint density at radius 2 is 2.10 bits per heavy atom. The highest BCUT2D eigenvalue weighted by molar-refractivity contribution is 7.12. The Balaban J connectivity index is 2.22. The number of hydrogen-bond acceptors (Lipinski definition) is 3. The van der Waals surface area contributed by atoms with Crippen LogP contribution in [0.25, 0.3) is 6.08 Å². The maximum atomic E-state index is 12.1. The lowest BCUT2D eigenvalue weighted by Gasteiger charge is -2.07. The normalized spacial score (nSPS) is 10.8. The first-order chi connectivity index (χ1) is 9.95. The minimum Gasteiger partial charge on any atom is -0.478 e. The highest BCUT2D eigenvalue weighted by atomic mass is 35.5. The molecule has 0 aliphatic carbocycles.